The molecule has 11 heavy (non-hydrogen) atoms. The van der Waals surface area contributed by atoms with Gasteiger partial charge in [0.25, 0.3) is 0 Å². The van der Waals surface area contributed by atoms with E-state index in [1.54, 1.807) is 0 Å². The molecule has 0 aromatic heterocycles. The monoisotopic (exact) mass is 268 g/mol. The zero-order valence-corrected chi connectivity index (χ0v) is 8.79. The third-order valence-corrected chi connectivity index (χ3v) is 3.69. The summed E-state index contributed by atoms with van der Waals surface area (Å²) < 4.78 is 1.01. The van der Waals surface area contributed by atoms with Gasteiger partial charge in [0, 0.05) is 0 Å². The Bertz CT molecular complexity index is 271. The molecule has 0 radical (unpaired) electrons. The van der Waals surface area contributed by atoms with Gasteiger partial charge >= 0.3 is 75.8 Å². The summed E-state index contributed by atoms with van der Waals surface area (Å²) in [6.07, 6.45) is 0. The first-order valence-electron chi connectivity index (χ1n) is 3.21. The van der Waals surface area contributed by atoms with Crippen molar-refractivity contribution in [1.29, 1.82) is 0 Å². The predicted molar refractivity (Wildman–Crippen MR) is 45.8 cm³/mol. The van der Waals surface area contributed by atoms with Gasteiger partial charge in [-0.25, -0.2) is 0 Å². The molecule has 0 amide bonds. The van der Waals surface area contributed by atoms with Crippen LogP contribution in [-0.2, 0) is 0 Å². The quantitative estimate of drug-likeness (QED) is 0.737. The molecule has 0 saturated heterocycles. The summed E-state index contributed by atoms with van der Waals surface area (Å²) in [6, 6.07) is 3.27. The van der Waals surface area contributed by atoms with Crippen molar-refractivity contribution >= 4 is 24.5 Å². The van der Waals surface area contributed by atoms with Crippen molar-refractivity contribution in [1.82, 2.24) is 0 Å². The van der Waals surface area contributed by atoms with Crippen LogP contribution in [0, 0.1) is 6.92 Å². The van der Waals surface area contributed by atoms with Crippen molar-refractivity contribution in [3.63, 3.8) is 0 Å². The molecule has 60 valence electrons. The molecule has 0 atom stereocenters. The fourth-order valence-corrected chi connectivity index (χ4v) is 2.43. The zero-order chi connectivity index (χ0) is 8.43. The van der Waals surface area contributed by atoms with Gasteiger partial charge in [-0.3, -0.25) is 0 Å². The Labute approximate surface area is 76.0 Å². The summed E-state index contributed by atoms with van der Waals surface area (Å²) in [6.45, 7) is 1.83. The van der Waals surface area contributed by atoms with Gasteiger partial charge in [0.05, 0.1) is 0 Å². The number of aryl methyl sites for hydroxylation is 1. The number of hydrogen-bond acceptors (Lipinski definition) is 2. The first kappa shape index (κ1) is 8.70. The van der Waals surface area contributed by atoms with E-state index >= 15 is 0 Å². The summed E-state index contributed by atoms with van der Waals surface area (Å²) in [7, 11) is 0. The Morgan fingerprint density at radius 1 is 1.18 bits per heavy atom. The molecule has 0 aliphatic rings. The second kappa shape index (κ2) is 3.34. The molecule has 0 unspecified atom stereocenters. The Balaban J connectivity index is 3.21. The maximum absolute atomic E-state index is 9.29. The molecule has 0 bridgehead atoms. The topological polar surface area (TPSA) is 40.5 Å². The van der Waals surface area contributed by atoms with E-state index in [1.807, 2.05) is 13.0 Å². The van der Waals surface area contributed by atoms with Gasteiger partial charge in [-0.1, -0.05) is 0 Å². The van der Waals surface area contributed by atoms with Gasteiger partial charge in [0.1, 0.15) is 0 Å². The van der Waals surface area contributed by atoms with Crippen LogP contribution in [0.3, 0.4) is 0 Å². The normalized spacial score (nSPS) is 10.0. The molecule has 1 aromatic rings. The molecule has 1 rings (SSSR count). The third kappa shape index (κ3) is 1.79. The maximum atomic E-state index is 9.29. The minimum absolute atomic E-state index is 0.173. The van der Waals surface area contributed by atoms with Crippen LogP contribution in [0.4, 0.5) is 0 Å². The van der Waals surface area contributed by atoms with Crippen LogP contribution >= 0.6 is 0 Å². The Morgan fingerprint density at radius 2 is 1.82 bits per heavy atom. The van der Waals surface area contributed by atoms with Crippen LogP contribution in [-0.4, -0.2) is 31.1 Å². The summed E-state index contributed by atoms with van der Waals surface area (Å²) in [4.78, 5) is 2.09. The van der Waals surface area contributed by atoms with Gasteiger partial charge in [0.2, 0.25) is 0 Å². The summed E-state index contributed by atoms with van der Waals surface area (Å²) >= 11 is -0.264. The van der Waals surface area contributed by atoms with E-state index in [1.165, 1.54) is 6.07 Å². The standard InChI is InChI=1S/C8H10O2Te/c1-5-3-8(11-2)7(10)4-6(5)9/h3-4,9-10H,1-2H3. The Kier molecular flexibility index (Phi) is 2.64. The number of benzene rings is 1. The number of aromatic hydroxyl groups is 2. The first-order chi connectivity index (χ1) is 5.15. The fourth-order valence-electron chi connectivity index (χ4n) is 0.822. The fraction of sp³-hybridized carbons (Fsp3) is 0.250. The van der Waals surface area contributed by atoms with Crippen molar-refractivity contribution in [2.45, 2.75) is 11.9 Å². The van der Waals surface area contributed by atoms with E-state index in [4.69, 9.17) is 0 Å². The SMILES string of the molecule is C[Te]c1cc(C)c(O)cc1O. The van der Waals surface area contributed by atoms with E-state index < -0.39 is 0 Å². The van der Waals surface area contributed by atoms with Crippen LogP contribution in [0.2, 0.25) is 4.97 Å². The number of phenols is 2. The molecule has 1 aromatic carbocycles. The van der Waals surface area contributed by atoms with Crippen molar-refractivity contribution < 1.29 is 10.2 Å². The zero-order valence-electron chi connectivity index (χ0n) is 6.46. The van der Waals surface area contributed by atoms with E-state index in [0.717, 1.165) is 9.17 Å². The summed E-state index contributed by atoms with van der Waals surface area (Å²) in [5.41, 5.74) is 0.838. The number of phenolic OH excluding ortho intramolecular Hbond substituents is 2. The molecule has 0 aliphatic heterocycles. The Morgan fingerprint density at radius 3 is 2.36 bits per heavy atom. The number of hydrogen-bond donors (Lipinski definition) is 2. The van der Waals surface area contributed by atoms with E-state index in [9.17, 15) is 10.2 Å². The predicted octanol–water partition coefficient (Wildman–Crippen LogP) is 0.784. The van der Waals surface area contributed by atoms with E-state index in [0.29, 0.717) is 0 Å². The Hall–Kier alpha value is -0.390. The molecule has 2 N–H and O–H groups in total. The number of rotatable bonds is 1. The van der Waals surface area contributed by atoms with Crippen molar-refractivity contribution in [3.8, 4) is 11.5 Å². The molecule has 0 spiro atoms. The minimum atomic E-state index is -0.264. The van der Waals surface area contributed by atoms with E-state index in [-0.39, 0.29) is 32.4 Å². The average Bonchev–Trinajstić information content (AvgIpc) is 1.97. The van der Waals surface area contributed by atoms with Gasteiger partial charge < -0.3 is 0 Å². The van der Waals surface area contributed by atoms with Crippen LogP contribution in [0.5, 0.6) is 11.5 Å². The van der Waals surface area contributed by atoms with Gasteiger partial charge in [-0.05, 0) is 0 Å². The third-order valence-electron chi connectivity index (χ3n) is 1.50. The molecular weight excluding hydrogens is 256 g/mol. The van der Waals surface area contributed by atoms with Crippen molar-refractivity contribution in [3.05, 3.63) is 17.7 Å². The van der Waals surface area contributed by atoms with Gasteiger partial charge in [0.15, 0.2) is 0 Å². The van der Waals surface area contributed by atoms with Gasteiger partial charge in [-0.15, -0.1) is 0 Å². The van der Waals surface area contributed by atoms with Gasteiger partial charge in [-0.2, -0.15) is 0 Å². The molecule has 2 nitrogen and oxygen atoms in total. The van der Waals surface area contributed by atoms with Crippen LogP contribution in [0.25, 0.3) is 0 Å². The molecule has 3 heteroatoms. The second-order valence-electron chi connectivity index (χ2n) is 2.31. The van der Waals surface area contributed by atoms with Crippen molar-refractivity contribution in [2.24, 2.45) is 0 Å². The van der Waals surface area contributed by atoms with Crippen molar-refractivity contribution in [2.75, 3.05) is 0 Å². The molecule has 0 aliphatic carbocycles. The van der Waals surface area contributed by atoms with Crippen LogP contribution in [0.15, 0.2) is 12.1 Å². The summed E-state index contributed by atoms with van der Waals surface area (Å²) in [5.74, 6) is 0.408. The second-order valence-corrected chi connectivity index (χ2v) is 4.73. The molecule has 0 heterocycles. The first-order valence-corrected chi connectivity index (χ1v) is 6.71. The van der Waals surface area contributed by atoms with E-state index in [2.05, 4.69) is 4.97 Å². The summed E-state index contributed by atoms with van der Waals surface area (Å²) in [5, 5.41) is 18.5. The molecule has 0 fully saturated rings. The average molecular weight is 266 g/mol. The molecular formula is C8H10O2Te. The van der Waals surface area contributed by atoms with Crippen LogP contribution in [0.1, 0.15) is 5.56 Å². The van der Waals surface area contributed by atoms with Crippen LogP contribution < -0.4 is 3.61 Å². The molecule has 0 saturated carbocycles.